The van der Waals surface area contributed by atoms with Crippen molar-refractivity contribution in [2.75, 3.05) is 0 Å². The number of rotatable bonds is 11. The second-order valence-corrected chi connectivity index (χ2v) is 10.3. The molecule has 0 aliphatic rings. The quantitative estimate of drug-likeness (QED) is 0.124. The van der Waals surface area contributed by atoms with E-state index in [0.717, 1.165) is 24.8 Å². The molecule has 24 heavy (non-hydrogen) atoms. The maximum atomic E-state index is 14.7. The number of nitro groups is 1. The van der Waals surface area contributed by atoms with Crippen molar-refractivity contribution in [3.05, 3.63) is 52.6 Å². The van der Waals surface area contributed by atoms with Gasteiger partial charge in [-0.25, -0.2) is 0 Å². The smallest absolute Gasteiger partial charge is 0.269 e. The van der Waals surface area contributed by atoms with Gasteiger partial charge in [0.2, 0.25) is 0 Å². The maximum Gasteiger partial charge on any atom is 0.269 e. The summed E-state index contributed by atoms with van der Waals surface area (Å²) >= 11 is 0. The molecule has 134 valence electrons. The molecule has 0 bridgehead atoms. The lowest BCUT2D eigenvalue weighted by Crippen LogP contribution is -2.40. The summed E-state index contributed by atoms with van der Waals surface area (Å²) in [6.45, 7) is 9.20. The van der Waals surface area contributed by atoms with Gasteiger partial charge in [0, 0.05) is 12.1 Å². The van der Waals surface area contributed by atoms with Crippen LogP contribution in [-0.4, -0.2) is 19.1 Å². The third-order valence-electron chi connectivity index (χ3n) is 4.02. The number of hydrogen-bond donors (Lipinski definition) is 0. The fourth-order valence-electron chi connectivity index (χ4n) is 2.58. The zero-order valence-corrected chi connectivity index (χ0v) is 15.8. The molecule has 0 amide bonds. The predicted molar refractivity (Wildman–Crippen MR) is 98.3 cm³/mol. The van der Waals surface area contributed by atoms with E-state index < -0.39 is 13.3 Å². The zero-order chi connectivity index (χ0) is 18.2. The fraction of sp³-hybridized carbons (Fsp3) is 0.556. The molecule has 1 aromatic rings. The highest BCUT2D eigenvalue weighted by Gasteiger charge is 2.35. The average molecular weight is 354 g/mol. The van der Waals surface area contributed by atoms with Gasteiger partial charge in [-0.1, -0.05) is 32.3 Å². The summed E-state index contributed by atoms with van der Waals surface area (Å²) in [6.07, 6.45) is 5.77. The van der Waals surface area contributed by atoms with Crippen LogP contribution in [0.3, 0.4) is 0 Å². The van der Waals surface area contributed by atoms with Gasteiger partial charge in [0.1, 0.15) is 0 Å². The molecular formula is C18H28FNO3Si. The Labute approximate surface area is 145 Å². The number of ether oxygens (including phenoxy) is 1. The molecule has 0 aromatic heterocycles. The van der Waals surface area contributed by atoms with E-state index >= 15 is 0 Å². The summed E-state index contributed by atoms with van der Waals surface area (Å²) in [5.41, 5.74) is 0.472. The lowest BCUT2D eigenvalue weighted by Gasteiger charge is -2.30. The van der Waals surface area contributed by atoms with Crippen LogP contribution in [0.2, 0.25) is 13.1 Å². The molecule has 2 atom stereocenters. The SMILES string of the molecule is C=CC[C@@H](O[C@H](CCCCC)[Si](C)(C)F)c1ccc([N+](=O)[O-])cc1. The van der Waals surface area contributed by atoms with Crippen molar-refractivity contribution < 1.29 is 13.8 Å². The van der Waals surface area contributed by atoms with Crippen molar-refractivity contribution in [1.29, 1.82) is 0 Å². The monoisotopic (exact) mass is 353 g/mol. The lowest BCUT2D eigenvalue weighted by atomic mass is 10.1. The van der Waals surface area contributed by atoms with Crippen LogP contribution in [0.15, 0.2) is 36.9 Å². The molecule has 4 nitrogen and oxygen atoms in total. The standard InChI is InChI=1S/C18H28FNO3Si/c1-5-7-8-10-18(24(3,4)19)23-17(9-6-2)15-11-13-16(14-12-15)20(21)22/h6,11-14,17-18H,2,5,7-10H2,1,3-4H3/t17-,18+/m1/s1. The Hall–Kier alpha value is -1.53. The molecule has 0 saturated carbocycles. The number of hydrogen-bond acceptors (Lipinski definition) is 3. The van der Waals surface area contributed by atoms with Crippen molar-refractivity contribution in [1.82, 2.24) is 0 Å². The average Bonchev–Trinajstić information content (AvgIpc) is 2.52. The minimum absolute atomic E-state index is 0.0378. The van der Waals surface area contributed by atoms with Crippen molar-refractivity contribution in [3.8, 4) is 0 Å². The Kier molecular flexibility index (Phi) is 8.28. The molecule has 0 fully saturated rings. The number of nitro benzene ring substituents is 1. The Bertz CT molecular complexity index is 528. The summed E-state index contributed by atoms with van der Waals surface area (Å²) < 4.78 is 20.8. The highest BCUT2D eigenvalue weighted by Crippen LogP contribution is 2.30. The molecule has 0 radical (unpaired) electrons. The van der Waals surface area contributed by atoms with Gasteiger partial charge < -0.3 is 8.84 Å². The predicted octanol–water partition coefficient (Wildman–Crippen LogP) is 5.89. The Balaban J connectivity index is 2.91. The van der Waals surface area contributed by atoms with Crippen LogP contribution in [0.5, 0.6) is 0 Å². The molecule has 0 spiro atoms. The molecule has 0 aliphatic heterocycles. The van der Waals surface area contributed by atoms with Crippen LogP contribution in [0.1, 0.15) is 50.7 Å². The van der Waals surface area contributed by atoms with E-state index in [9.17, 15) is 14.2 Å². The number of benzene rings is 1. The van der Waals surface area contributed by atoms with Crippen LogP contribution in [-0.2, 0) is 4.74 Å². The summed E-state index contributed by atoms with van der Waals surface area (Å²) in [6, 6.07) is 6.28. The Morgan fingerprint density at radius 1 is 1.33 bits per heavy atom. The molecule has 0 heterocycles. The minimum atomic E-state index is -2.95. The van der Waals surface area contributed by atoms with Crippen molar-refractivity contribution in [2.24, 2.45) is 0 Å². The molecular weight excluding hydrogens is 325 g/mol. The van der Waals surface area contributed by atoms with Gasteiger partial charge in [-0.05, 0) is 43.6 Å². The first-order chi connectivity index (χ1) is 11.3. The number of nitrogens with zero attached hydrogens (tertiary/aromatic N) is 1. The largest absolute Gasteiger partial charge is 0.370 e. The second-order valence-electron chi connectivity index (χ2n) is 6.55. The molecule has 1 aromatic carbocycles. The van der Waals surface area contributed by atoms with Crippen LogP contribution in [0.25, 0.3) is 0 Å². The molecule has 0 saturated heterocycles. The number of non-ortho nitro benzene ring substituents is 1. The number of unbranched alkanes of at least 4 members (excludes halogenated alkanes) is 2. The van der Waals surface area contributed by atoms with E-state index in [0.29, 0.717) is 12.8 Å². The van der Waals surface area contributed by atoms with Gasteiger partial charge in [0.15, 0.2) is 0 Å². The highest BCUT2D eigenvalue weighted by molar-refractivity contribution is 6.71. The van der Waals surface area contributed by atoms with Crippen molar-refractivity contribution in [2.45, 2.75) is 64.0 Å². The topological polar surface area (TPSA) is 52.4 Å². The highest BCUT2D eigenvalue weighted by atomic mass is 28.4. The number of halogens is 1. The van der Waals surface area contributed by atoms with E-state index in [1.807, 2.05) is 0 Å². The van der Waals surface area contributed by atoms with Crippen molar-refractivity contribution in [3.63, 3.8) is 0 Å². The van der Waals surface area contributed by atoms with Gasteiger partial charge in [-0.2, -0.15) is 0 Å². The van der Waals surface area contributed by atoms with Gasteiger partial charge in [-0.15, -0.1) is 6.58 Å². The van der Waals surface area contributed by atoms with Crippen LogP contribution >= 0.6 is 0 Å². The van der Waals surface area contributed by atoms with E-state index in [4.69, 9.17) is 4.74 Å². The van der Waals surface area contributed by atoms with Gasteiger partial charge in [0.05, 0.1) is 16.8 Å². The summed E-state index contributed by atoms with van der Waals surface area (Å²) in [5, 5.41) is 10.8. The van der Waals surface area contributed by atoms with Crippen LogP contribution in [0.4, 0.5) is 9.80 Å². The van der Waals surface area contributed by atoms with Crippen LogP contribution in [0, 0.1) is 10.1 Å². The van der Waals surface area contributed by atoms with Gasteiger partial charge >= 0.3 is 0 Å². The lowest BCUT2D eigenvalue weighted by molar-refractivity contribution is -0.384. The van der Waals surface area contributed by atoms with Gasteiger partial charge in [0.25, 0.3) is 14.1 Å². The third kappa shape index (κ3) is 6.53. The molecule has 6 heteroatoms. The fourth-order valence-corrected chi connectivity index (χ4v) is 3.96. The van der Waals surface area contributed by atoms with Crippen LogP contribution < -0.4 is 0 Å². The maximum absolute atomic E-state index is 14.7. The summed E-state index contributed by atoms with van der Waals surface area (Å²) in [4.78, 5) is 10.3. The van der Waals surface area contributed by atoms with E-state index in [1.54, 1.807) is 31.3 Å². The first kappa shape index (κ1) is 20.5. The zero-order valence-electron chi connectivity index (χ0n) is 14.8. The van der Waals surface area contributed by atoms with E-state index in [-0.39, 0.29) is 17.5 Å². The van der Waals surface area contributed by atoms with E-state index in [2.05, 4.69) is 13.5 Å². The summed E-state index contributed by atoms with van der Waals surface area (Å²) in [7, 11) is -2.95. The third-order valence-corrected chi connectivity index (χ3v) is 5.98. The van der Waals surface area contributed by atoms with E-state index in [1.165, 1.54) is 12.1 Å². The first-order valence-corrected chi connectivity index (χ1v) is 11.4. The molecule has 1 rings (SSSR count). The Morgan fingerprint density at radius 2 is 1.96 bits per heavy atom. The molecule has 0 aliphatic carbocycles. The Morgan fingerprint density at radius 3 is 2.42 bits per heavy atom. The van der Waals surface area contributed by atoms with Gasteiger partial charge in [-0.3, -0.25) is 10.1 Å². The second kappa shape index (κ2) is 9.69. The summed E-state index contributed by atoms with van der Waals surface area (Å²) in [5.74, 6) is 0. The molecule has 0 N–H and O–H groups in total. The minimum Gasteiger partial charge on any atom is -0.370 e. The normalized spacial score (nSPS) is 14.2. The first-order valence-electron chi connectivity index (χ1n) is 8.49. The molecule has 0 unspecified atom stereocenters. The van der Waals surface area contributed by atoms with Crippen molar-refractivity contribution >= 4 is 14.1 Å².